The molecule has 0 atom stereocenters. The minimum absolute atomic E-state index is 0.664. The van der Waals surface area contributed by atoms with E-state index < -0.39 is 0 Å². The van der Waals surface area contributed by atoms with E-state index in [4.69, 9.17) is 10.3 Å². The molecule has 0 bridgehead atoms. The first-order valence-corrected chi connectivity index (χ1v) is 4.07. The molecule has 64 valence electrons. The lowest BCUT2D eigenvalue weighted by atomic mass is 10.3. The lowest BCUT2D eigenvalue weighted by Gasteiger charge is -2.25. The third kappa shape index (κ3) is 3.43. The molecule has 1 N–H and O–H groups in total. The number of nitrogens with one attached hydrogen (secondary N) is 1. The van der Waals surface area contributed by atoms with Gasteiger partial charge in [0.1, 0.15) is 0 Å². The van der Waals surface area contributed by atoms with Gasteiger partial charge in [-0.25, -0.2) is 5.53 Å². The molecule has 0 radical (unpaired) electrons. The molecule has 0 unspecified atom stereocenters. The Balaban J connectivity index is 2.00. The van der Waals surface area contributed by atoms with Crippen molar-refractivity contribution < 1.29 is 4.74 Å². The predicted molar refractivity (Wildman–Crippen MR) is 41.9 cm³/mol. The molecule has 0 saturated carbocycles. The van der Waals surface area contributed by atoms with E-state index in [1.165, 1.54) is 0 Å². The Morgan fingerprint density at radius 1 is 1.36 bits per heavy atom. The summed E-state index contributed by atoms with van der Waals surface area (Å²) in [4.78, 5) is 2.36. The van der Waals surface area contributed by atoms with E-state index >= 15 is 0 Å². The summed E-state index contributed by atoms with van der Waals surface area (Å²) < 4.78 is 5.20. The predicted octanol–water partition coefficient (Wildman–Crippen LogP) is 0.740. The van der Waals surface area contributed by atoms with E-state index in [9.17, 15) is 0 Å². The summed E-state index contributed by atoms with van der Waals surface area (Å²) in [5, 5.41) is 3.31. The summed E-state index contributed by atoms with van der Waals surface area (Å²) >= 11 is 0. The van der Waals surface area contributed by atoms with Crippen LogP contribution in [0.2, 0.25) is 0 Å². The van der Waals surface area contributed by atoms with Crippen LogP contribution < -0.4 is 0 Å². The van der Waals surface area contributed by atoms with Gasteiger partial charge in [-0.15, -0.1) is 0 Å². The summed E-state index contributed by atoms with van der Waals surface area (Å²) in [7, 11) is 0. The van der Waals surface area contributed by atoms with Crippen LogP contribution in [0, 0.1) is 5.53 Å². The van der Waals surface area contributed by atoms with Crippen LogP contribution in [-0.2, 0) is 4.74 Å². The highest BCUT2D eigenvalue weighted by Crippen LogP contribution is 1.97. The van der Waals surface area contributed by atoms with E-state index in [1.54, 1.807) is 0 Å². The second kappa shape index (κ2) is 5.21. The van der Waals surface area contributed by atoms with Crippen molar-refractivity contribution in [2.75, 3.05) is 39.4 Å². The van der Waals surface area contributed by atoms with Crippen molar-refractivity contribution in [3.63, 3.8) is 0 Å². The maximum absolute atomic E-state index is 6.60. The van der Waals surface area contributed by atoms with Gasteiger partial charge in [0.2, 0.25) is 0 Å². The third-order valence-electron chi connectivity index (χ3n) is 1.85. The number of ether oxygens (including phenoxy) is 1. The minimum Gasteiger partial charge on any atom is -0.379 e. The fourth-order valence-electron chi connectivity index (χ4n) is 1.20. The van der Waals surface area contributed by atoms with Crippen LogP contribution in [0.25, 0.3) is 0 Å². The summed E-state index contributed by atoms with van der Waals surface area (Å²) in [5.41, 5.74) is 6.60. The number of hydrogen-bond donors (Lipinski definition) is 1. The molecule has 1 aliphatic heterocycles. The zero-order chi connectivity index (χ0) is 7.94. The molecule has 4 heteroatoms. The van der Waals surface area contributed by atoms with Gasteiger partial charge in [0, 0.05) is 19.6 Å². The Labute approximate surface area is 67.0 Å². The van der Waals surface area contributed by atoms with Crippen LogP contribution >= 0.6 is 0 Å². The number of nitrogens with zero attached hydrogens (tertiary/aromatic N) is 2. The molecule has 1 aliphatic rings. The molecule has 0 spiro atoms. The molecule has 0 aliphatic carbocycles. The lowest BCUT2D eigenvalue weighted by molar-refractivity contribution is 0.0377. The van der Waals surface area contributed by atoms with Crippen molar-refractivity contribution in [1.82, 2.24) is 4.90 Å². The Morgan fingerprint density at radius 3 is 2.73 bits per heavy atom. The van der Waals surface area contributed by atoms with Crippen LogP contribution in [0.3, 0.4) is 0 Å². The highest BCUT2D eigenvalue weighted by Gasteiger charge is 2.08. The standard InChI is InChI=1S/C7H15N3O/c8-9-2-1-3-10-4-6-11-7-5-10/h8H,1-7H2. The van der Waals surface area contributed by atoms with E-state index in [2.05, 4.69) is 10.0 Å². The second-order valence-electron chi connectivity index (χ2n) is 2.69. The van der Waals surface area contributed by atoms with Gasteiger partial charge >= 0.3 is 0 Å². The Hall–Kier alpha value is -0.480. The summed E-state index contributed by atoms with van der Waals surface area (Å²) in [5.74, 6) is 0. The van der Waals surface area contributed by atoms with Crippen LogP contribution in [0.1, 0.15) is 6.42 Å². The first kappa shape index (κ1) is 8.62. The number of hydrogen-bond acceptors (Lipinski definition) is 4. The molecule has 1 rings (SSSR count). The van der Waals surface area contributed by atoms with Crippen LogP contribution in [-0.4, -0.2) is 44.3 Å². The van der Waals surface area contributed by atoms with E-state index in [0.29, 0.717) is 6.54 Å². The van der Waals surface area contributed by atoms with Crippen molar-refractivity contribution in [3.05, 3.63) is 0 Å². The van der Waals surface area contributed by atoms with Gasteiger partial charge in [-0.1, -0.05) is 0 Å². The van der Waals surface area contributed by atoms with Gasteiger partial charge in [0.05, 0.1) is 19.8 Å². The first-order valence-electron chi connectivity index (χ1n) is 4.07. The average molecular weight is 157 g/mol. The Morgan fingerprint density at radius 2 is 2.09 bits per heavy atom. The summed E-state index contributed by atoms with van der Waals surface area (Å²) in [6.07, 6.45) is 1.00. The highest BCUT2D eigenvalue weighted by molar-refractivity contribution is 4.61. The molecule has 4 nitrogen and oxygen atoms in total. The van der Waals surface area contributed by atoms with Crippen molar-refractivity contribution in [2.45, 2.75) is 6.42 Å². The molecular weight excluding hydrogens is 142 g/mol. The molecule has 0 aromatic heterocycles. The molecule has 0 aromatic rings. The summed E-state index contributed by atoms with van der Waals surface area (Å²) in [6, 6.07) is 0. The van der Waals surface area contributed by atoms with Crippen molar-refractivity contribution in [2.24, 2.45) is 5.11 Å². The zero-order valence-corrected chi connectivity index (χ0v) is 6.75. The van der Waals surface area contributed by atoms with Gasteiger partial charge in [0.25, 0.3) is 0 Å². The largest absolute Gasteiger partial charge is 0.379 e. The van der Waals surface area contributed by atoms with Crippen LogP contribution in [0.15, 0.2) is 5.11 Å². The Bertz CT molecular complexity index is 112. The van der Waals surface area contributed by atoms with Gasteiger partial charge in [0.15, 0.2) is 0 Å². The third-order valence-corrected chi connectivity index (χ3v) is 1.85. The van der Waals surface area contributed by atoms with Gasteiger partial charge in [-0.05, 0) is 6.42 Å². The van der Waals surface area contributed by atoms with Crippen molar-refractivity contribution in [3.8, 4) is 0 Å². The molecule has 0 aromatic carbocycles. The SMILES string of the molecule is N=NCCCN1CCOCC1. The number of morpholine rings is 1. The monoisotopic (exact) mass is 157 g/mol. The van der Waals surface area contributed by atoms with Gasteiger partial charge in [-0.2, -0.15) is 5.11 Å². The molecule has 11 heavy (non-hydrogen) atoms. The maximum Gasteiger partial charge on any atom is 0.0608 e. The summed E-state index contributed by atoms with van der Waals surface area (Å²) in [6.45, 7) is 5.52. The second-order valence-corrected chi connectivity index (χ2v) is 2.69. The van der Waals surface area contributed by atoms with E-state index in [1.807, 2.05) is 0 Å². The van der Waals surface area contributed by atoms with Crippen LogP contribution in [0.5, 0.6) is 0 Å². The quantitative estimate of drug-likeness (QED) is 0.483. The fraction of sp³-hybridized carbons (Fsp3) is 1.00. The molecular formula is C7H15N3O. The van der Waals surface area contributed by atoms with Crippen molar-refractivity contribution >= 4 is 0 Å². The van der Waals surface area contributed by atoms with Crippen molar-refractivity contribution in [1.29, 1.82) is 5.53 Å². The Kier molecular flexibility index (Phi) is 4.08. The zero-order valence-electron chi connectivity index (χ0n) is 6.75. The average Bonchev–Trinajstić information content (AvgIpc) is 2.07. The number of rotatable bonds is 4. The minimum atomic E-state index is 0.664. The van der Waals surface area contributed by atoms with E-state index in [-0.39, 0.29) is 0 Å². The smallest absolute Gasteiger partial charge is 0.0608 e. The molecule has 1 heterocycles. The molecule has 1 saturated heterocycles. The van der Waals surface area contributed by atoms with Gasteiger partial charge < -0.3 is 4.74 Å². The maximum atomic E-state index is 6.60. The first-order chi connectivity index (χ1) is 5.43. The van der Waals surface area contributed by atoms with Crippen LogP contribution in [0.4, 0.5) is 0 Å². The normalized spacial score (nSPS) is 20.0. The lowest BCUT2D eigenvalue weighted by Crippen LogP contribution is -2.37. The highest BCUT2D eigenvalue weighted by atomic mass is 16.5. The molecule has 1 fully saturated rings. The molecule has 0 amide bonds. The fourth-order valence-corrected chi connectivity index (χ4v) is 1.20. The topological polar surface area (TPSA) is 48.7 Å². The van der Waals surface area contributed by atoms with Gasteiger partial charge in [-0.3, -0.25) is 4.90 Å². The van der Waals surface area contributed by atoms with E-state index in [0.717, 1.165) is 39.3 Å².